The van der Waals surface area contributed by atoms with Gasteiger partial charge in [-0.1, -0.05) is 25.0 Å². The fourth-order valence-electron chi connectivity index (χ4n) is 2.06. The molecule has 0 spiro atoms. The van der Waals surface area contributed by atoms with Gasteiger partial charge in [0.25, 0.3) is 0 Å². The lowest BCUT2D eigenvalue weighted by Crippen LogP contribution is -2.45. The Labute approximate surface area is 101 Å². The van der Waals surface area contributed by atoms with Gasteiger partial charge < -0.3 is 15.7 Å². The molecule has 0 atom stereocenters. The van der Waals surface area contributed by atoms with Crippen molar-refractivity contribution in [3.8, 4) is 0 Å². The van der Waals surface area contributed by atoms with Gasteiger partial charge in [-0.15, -0.1) is 0 Å². The van der Waals surface area contributed by atoms with Crippen LogP contribution in [0.4, 0.5) is 4.79 Å². The van der Waals surface area contributed by atoms with Crippen LogP contribution in [0.1, 0.15) is 32.6 Å². The number of aliphatic carboxylic acids is 1. The molecule has 1 saturated carbocycles. The number of carbonyl (C=O) groups excluding carboxylic acids is 1. The molecule has 1 fully saturated rings. The molecule has 0 aromatic carbocycles. The van der Waals surface area contributed by atoms with Gasteiger partial charge in [-0.3, -0.25) is 4.79 Å². The van der Waals surface area contributed by atoms with Gasteiger partial charge in [0, 0.05) is 13.1 Å². The summed E-state index contributed by atoms with van der Waals surface area (Å²) in [4.78, 5) is 22.6. The third kappa shape index (κ3) is 3.76. The lowest BCUT2D eigenvalue weighted by molar-refractivity contribution is -0.148. The van der Waals surface area contributed by atoms with Gasteiger partial charge in [0.15, 0.2) is 0 Å². The van der Waals surface area contributed by atoms with Crippen molar-refractivity contribution < 1.29 is 14.7 Å². The summed E-state index contributed by atoms with van der Waals surface area (Å²) in [5.41, 5.74) is 0.0922. The van der Waals surface area contributed by atoms with Crippen molar-refractivity contribution in [3.05, 3.63) is 12.2 Å². The number of urea groups is 1. The van der Waals surface area contributed by atoms with Gasteiger partial charge in [-0.05, 0) is 19.8 Å². The minimum absolute atomic E-state index is 0.199. The van der Waals surface area contributed by atoms with Crippen molar-refractivity contribution in [1.29, 1.82) is 0 Å². The molecule has 0 aliphatic heterocycles. The molecule has 1 rings (SSSR count). The molecule has 0 radical (unpaired) electrons. The van der Waals surface area contributed by atoms with E-state index < -0.39 is 11.4 Å². The largest absolute Gasteiger partial charge is 0.481 e. The zero-order valence-corrected chi connectivity index (χ0v) is 10.2. The highest BCUT2D eigenvalue weighted by atomic mass is 16.4. The molecule has 5 heteroatoms. The Bertz CT molecular complexity index is 320. The lowest BCUT2D eigenvalue weighted by Gasteiger charge is -2.24. The van der Waals surface area contributed by atoms with Crippen molar-refractivity contribution in [1.82, 2.24) is 10.6 Å². The number of hydrogen-bond donors (Lipinski definition) is 3. The van der Waals surface area contributed by atoms with Gasteiger partial charge in [0.05, 0.1) is 5.41 Å². The molecule has 96 valence electrons. The zero-order valence-electron chi connectivity index (χ0n) is 10.2. The molecule has 0 unspecified atom stereocenters. The average molecular weight is 240 g/mol. The monoisotopic (exact) mass is 240 g/mol. The van der Waals surface area contributed by atoms with Gasteiger partial charge in [0.1, 0.15) is 0 Å². The lowest BCUT2D eigenvalue weighted by atomic mass is 9.86. The normalized spacial score (nSPS) is 17.5. The fraction of sp³-hybridized carbons (Fsp3) is 0.667. The minimum atomic E-state index is -0.810. The maximum Gasteiger partial charge on any atom is 0.315 e. The Morgan fingerprint density at radius 3 is 2.35 bits per heavy atom. The highest BCUT2D eigenvalue weighted by Crippen LogP contribution is 2.37. The summed E-state index contributed by atoms with van der Waals surface area (Å²) < 4.78 is 0. The first-order chi connectivity index (χ1) is 7.96. The third-order valence-corrected chi connectivity index (χ3v) is 3.15. The van der Waals surface area contributed by atoms with E-state index in [2.05, 4.69) is 17.2 Å². The molecule has 5 nitrogen and oxygen atoms in total. The van der Waals surface area contributed by atoms with Crippen molar-refractivity contribution in [2.45, 2.75) is 32.6 Å². The van der Waals surface area contributed by atoms with E-state index in [0.29, 0.717) is 19.4 Å². The van der Waals surface area contributed by atoms with Gasteiger partial charge >= 0.3 is 12.0 Å². The summed E-state index contributed by atoms with van der Waals surface area (Å²) in [7, 11) is 0. The summed E-state index contributed by atoms with van der Waals surface area (Å²) in [5, 5.41) is 14.5. The van der Waals surface area contributed by atoms with Crippen LogP contribution >= 0.6 is 0 Å². The standard InChI is InChI=1S/C12H20N2O3/c1-9(2)7-13-11(17)14-8-12(10(15)16)5-3-4-6-12/h1,3-8H2,2H3,(H,15,16)(H2,13,14,17). The quantitative estimate of drug-likeness (QED) is 0.637. The van der Waals surface area contributed by atoms with E-state index in [1.807, 2.05) is 6.92 Å². The van der Waals surface area contributed by atoms with Crippen LogP contribution in [-0.4, -0.2) is 30.2 Å². The Hall–Kier alpha value is -1.52. The number of nitrogens with one attached hydrogen (secondary N) is 2. The second-order valence-corrected chi connectivity index (χ2v) is 4.79. The van der Waals surface area contributed by atoms with Crippen molar-refractivity contribution in [2.24, 2.45) is 5.41 Å². The summed E-state index contributed by atoms with van der Waals surface area (Å²) >= 11 is 0. The molecule has 0 bridgehead atoms. The predicted molar refractivity (Wildman–Crippen MR) is 64.8 cm³/mol. The molecule has 17 heavy (non-hydrogen) atoms. The molecule has 0 saturated heterocycles. The van der Waals surface area contributed by atoms with Gasteiger partial charge in [-0.25, -0.2) is 4.79 Å². The van der Waals surface area contributed by atoms with Crippen LogP contribution in [0.25, 0.3) is 0 Å². The van der Waals surface area contributed by atoms with Crippen LogP contribution < -0.4 is 10.6 Å². The highest BCUT2D eigenvalue weighted by Gasteiger charge is 2.41. The van der Waals surface area contributed by atoms with E-state index in [1.54, 1.807) is 0 Å². The minimum Gasteiger partial charge on any atom is -0.481 e. The molecule has 3 N–H and O–H groups in total. The fourth-order valence-corrected chi connectivity index (χ4v) is 2.06. The Balaban J connectivity index is 2.40. The van der Waals surface area contributed by atoms with Crippen LogP contribution in [0.5, 0.6) is 0 Å². The number of hydrogen-bond acceptors (Lipinski definition) is 2. The van der Waals surface area contributed by atoms with Crippen molar-refractivity contribution in [2.75, 3.05) is 13.1 Å². The van der Waals surface area contributed by atoms with Crippen molar-refractivity contribution >= 4 is 12.0 Å². The second kappa shape index (κ2) is 5.70. The zero-order chi connectivity index (χ0) is 12.9. The summed E-state index contributed by atoms with van der Waals surface area (Å²) in [6.07, 6.45) is 3.12. The number of amides is 2. The SMILES string of the molecule is C=C(C)CNC(=O)NCC1(C(=O)O)CCCC1. The maximum atomic E-state index is 11.4. The number of rotatable bonds is 5. The van der Waals surface area contributed by atoms with Crippen LogP contribution in [-0.2, 0) is 4.79 Å². The molecule has 0 heterocycles. The summed E-state index contributed by atoms with van der Waals surface area (Å²) in [6.45, 7) is 6.09. The van der Waals surface area contributed by atoms with Crippen molar-refractivity contribution in [3.63, 3.8) is 0 Å². The van der Waals surface area contributed by atoms with Gasteiger partial charge in [0.2, 0.25) is 0 Å². The number of carbonyl (C=O) groups is 2. The van der Waals surface area contributed by atoms with E-state index in [4.69, 9.17) is 0 Å². The average Bonchev–Trinajstić information content (AvgIpc) is 2.73. The Morgan fingerprint density at radius 1 is 1.29 bits per heavy atom. The van der Waals surface area contributed by atoms with E-state index in [0.717, 1.165) is 18.4 Å². The van der Waals surface area contributed by atoms with E-state index in [1.165, 1.54) is 0 Å². The molecular weight excluding hydrogens is 220 g/mol. The molecule has 0 aromatic heterocycles. The smallest absolute Gasteiger partial charge is 0.315 e. The summed E-state index contributed by atoms with van der Waals surface area (Å²) in [6, 6.07) is -0.333. The third-order valence-electron chi connectivity index (χ3n) is 3.15. The van der Waals surface area contributed by atoms with E-state index in [9.17, 15) is 14.7 Å². The molecule has 0 aromatic rings. The maximum absolute atomic E-state index is 11.4. The predicted octanol–water partition coefficient (Wildman–Crippen LogP) is 1.51. The topological polar surface area (TPSA) is 78.4 Å². The molecule has 2 amide bonds. The van der Waals surface area contributed by atoms with E-state index >= 15 is 0 Å². The first-order valence-electron chi connectivity index (χ1n) is 5.86. The Morgan fingerprint density at radius 2 is 1.88 bits per heavy atom. The Kier molecular flexibility index (Phi) is 4.54. The van der Waals surface area contributed by atoms with Crippen LogP contribution in [0.3, 0.4) is 0 Å². The van der Waals surface area contributed by atoms with Gasteiger partial charge in [-0.2, -0.15) is 0 Å². The molecule has 1 aliphatic rings. The van der Waals surface area contributed by atoms with E-state index in [-0.39, 0.29) is 12.6 Å². The number of carboxylic acid groups (broad SMARTS) is 1. The molecule has 1 aliphatic carbocycles. The first kappa shape index (κ1) is 13.5. The number of carboxylic acids is 1. The molecular formula is C12H20N2O3. The second-order valence-electron chi connectivity index (χ2n) is 4.79. The van der Waals surface area contributed by atoms with Crippen LogP contribution in [0.2, 0.25) is 0 Å². The van der Waals surface area contributed by atoms with Crippen LogP contribution in [0, 0.1) is 5.41 Å². The summed E-state index contributed by atoms with van der Waals surface area (Å²) in [5.74, 6) is -0.810. The highest BCUT2D eigenvalue weighted by molar-refractivity contribution is 5.78. The first-order valence-corrected chi connectivity index (χ1v) is 5.86. The van der Waals surface area contributed by atoms with Crippen LogP contribution in [0.15, 0.2) is 12.2 Å².